The number of rotatable bonds is 19. The number of ether oxygens (including phenoxy) is 2. The van der Waals surface area contributed by atoms with Gasteiger partial charge in [0.15, 0.2) is 23.1 Å². The molecule has 20 aromatic rings. The Labute approximate surface area is 718 Å². The third kappa shape index (κ3) is 16.3. The summed E-state index contributed by atoms with van der Waals surface area (Å²) in [6, 6.07) is 68.1. The first-order valence-corrected chi connectivity index (χ1v) is 41.4. The van der Waals surface area contributed by atoms with Gasteiger partial charge in [-0.2, -0.15) is 0 Å². The second-order valence-corrected chi connectivity index (χ2v) is 31.0. The highest BCUT2D eigenvalue weighted by Crippen LogP contribution is 2.36. The molecule has 12 aromatic heterocycles. The maximum atomic E-state index is 13.4. The summed E-state index contributed by atoms with van der Waals surface area (Å²) in [6.07, 6.45) is 25.2. The highest BCUT2D eigenvalue weighted by Gasteiger charge is 2.24. The average Bonchev–Trinajstić information content (AvgIpc) is 1.63. The molecule has 0 amide bonds. The number of carbonyl (C=O) groups excluding carboxylic acids is 4. The molecule has 2 aliphatic heterocycles. The van der Waals surface area contributed by atoms with Crippen LogP contribution in [0.25, 0.3) is 87.7 Å². The molecule has 2 fully saturated rings. The standard InChI is InChI=1S/C27H25N5O.C26H23N5O2.C23H17ClN4O2.C22H15ClN4O/c33-26(22-5-4-6-25-21(22)11-12-28-25)24-17-30-27-23(24)15-19(16-29-27)31-18-7-9-20(10-8-18)32-13-2-1-3-14-32;32-25(21-2-1-3-24-20(21)8-9-27-24)23-16-29-26-22(23)14-18(15-28-26)30-17-4-6-19(7-5-17)31-10-12-33-13-11-31;1-30-21-6-5-13(10-19(21)24)28-14-9-17-18(12-27-23(17)26-11-14)22(29)16-3-2-4-20-15(16)7-8-25-20;23-13-4-6-14(7-5-13)27-15-10-18-19(12-26-22(18)25-11-15)21(28)17-2-1-3-20-16(17)8-9-24-20/h4-12,15-17,28,31H,1-3,13-14H2,(H,29,30);1-9,14-16,27,30H,10-13H2,(H,28,29);2-12,25,28H,1H3,(H,26,27);1-12,24,27H,(H,25,26). The van der Waals surface area contributed by atoms with Gasteiger partial charge in [0.2, 0.25) is 0 Å². The highest BCUT2D eigenvalue weighted by molar-refractivity contribution is 6.32. The summed E-state index contributed by atoms with van der Waals surface area (Å²) in [5.41, 5.74) is 20.9. The average molecular weight is 1680 g/mol. The lowest BCUT2D eigenvalue weighted by Gasteiger charge is -2.28. The number of hydrogen-bond acceptors (Lipinski definition) is 16. The van der Waals surface area contributed by atoms with Crippen LogP contribution in [-0.2, 0) is 4.74 Å². The predicted molar refractivity (Wildman–Crippen MR) is 496 cm³/mol. The van der Waals surface area contributed by atoms with Crippen LogP contribution in [0, 0.1) is 0 Å². The van der Waals surface area contributed by atoms with E-state index in [1.165, 1.54) is 30.6 Å². The molecule has 12 N–H and O–H groups in total. The molecule has 0 spiro atoms. The first-order chi connectivity index (χ1) is 60.8. The van der Waals surface area contributed by atoms with Crippen molar-refractivity contribution in [3.63, 3.8) is 0 Å². The maximum Gasteiger partial charge on any atom is 0.195 e. The van der Waals surface area contributed by atoms with Crippen molar-refractivity contribution in [1.82, 2.24) is 59.8 Å². The molecule has 0 unspecified atom stereocenters. The maximum absolute atomic E-state index is 13.4. The number of aromatic nitrogens is 12. The Morgan fingerprint density at radius 3 is 0.976 bits per heavy atom. The molecule has 124 heavy (non-hydrogen) atoms. The summed E-state index contributed by atoms with van der Waals surface area (Å²) in [5, 5.41) is 21.4. The Balaban J connectivity index is 0.000000109. The van der Waals surface area contributed by atoms with Crippen molar-refractivity contribution in [3.8, 4) is 5.75 Å². The first-order valence-electron chi connectivity index (χ1n) is 40.6. The Bertz CT molecular complexity index is 7130. The van der Waals surface area contributed by atoms with Crippen LogP contribution in [0.4, 0.5) is 56.9 Å². The van der Waals surface area contributed by atoms with E-state index in [0.29, 0.717) is 82.9 Å². The summed E-state index contributed by atoms with van der Waals surface area (Å²) in [7, 11) is 1.57. The number of aromatic amines is 8. The number of ketones is 4. The number of benzene rings is 8. The van der Waals surface area contributed by atoms with E-state index in [2.05, 4.69) is 139 Å². The third-order valence-electron chi connectivity index (χ3n) is 22.4. The van der Waals surface area contributed by atoms with Gasteiger partial charge in [0.25, 0.3) is 0 Å². The summed E-state index contributed by atoms with van der Waals surface area (Å²) in [4.78, 5) is 101. The van der Waals surface area contributed by atoms with E-state index in [1.54, 1.807) is 68.8 Å². The molecule has 612 valence electrons. The number of carbonyl (C=O) groups is 4. The topological polar surface area (TPSA) is 319 Å². The zero-order chi connectivity index (χ0) is 84.2. The van der Waals surface area contributed by atoms with Crippen LogP contribution in [0.1, 0.15) is 82.9 Å². The lowest BCUT2D eigenvalue weighted by Crippen LogP contribution is -2.36. The van der Waals surface area contributed by atoms with Gasteiger partial charge in [-0.05, 0) is 183 Å². The molecule has 0 radical (unpaired) electrons. The largest absolute Gasteiger partial charge is 0.495 e. The number of pyridine rings is 4. The number of methoxy groups -OCH3 is 1. The minimum Gasteiger partial charge on any atom is -0.495 e. The van der Waals surface area contributed by atoms with Crippen LogP contribution in [-0.4, -0.2) is 129 Å². The molecule has 0 saturated carbocycles. The number of H-pyrrole nitrogens is 8. The second-order valence-electron chi connectivity index (χ2n) is 30.2. The fourth-order valence-electron chi connectivity index (χ4n) is 16.2. The van der Waals surface area contributed by atoms with Crippen molar-refractivity contribution in [2.75, 3.05) is 77.6 Å². The fourth-order valence-corrected chi connectivity index (χ4v) is 16.6. The monoisotopic (exact) mass is 1670 g/mol. The summed E-state index contributed by atoms with van der Waals surface area (Å²) >= 11 is 12.2. The van der Waals surface area contributed by atoms with Crippen molar-refractivity contribution < 1.29 is 28.7 Å². The van der Waals surface area contributed by atoms with Crippen LogP contribution in [0.15, 0.2) is 287 Å². The van der Waals surface area contributed by atoms with Gasteiger partial charge < -0.3 is 80.4 Å². The second kappa shape index (κ2) is 34.7. The molecule has 24 nitrogen and oxygen atoms in total. The van der Waals surface area contributed by atoms with E-state index >= 15 is 0 Å². The number of piperidine rings is 1. The Kier molecular flexibility index (Phi) is 21.9. The van der Waals surface area contributed by atoms with Crippen LogP contribution in [0.5, 0.6) is 5.75 Å². The molecular weight excluding hydrogens is 1600 g/mol. The van der Waals surface area contributed by atoms with Gasteiger partial charge in [0.1, 0.15) is 28.3 Å². The number of anilines is 10. The number of fused-ring (bicyclic) bond motifs is 8. The Morgan fingerprint density at radius 1 is 0.331 bits per heavy atom. The van der Waals surface area contributed by atoms with Gasteiger partial charge in [-0.1, -0.05) is 71.7 Å². The van der Waals surface area contributed by atoms with Crippen molar-refractivity contribution >= 4 is 191 Å². The van der Waals surface area contributed by atoms with E-state index in [0.717, 1.165) is 150 Å². The van der Waals surface area contributed by atoms with Crippen LogP contribution in [0.3, 0.4) is 0 Å². The van der Waals surface area contributed by atoms with Crippen LogP contribution in [0.2, 0.25) is 10.0 Å². The van der Waals surface area contributed by atoms with Gasteiger partial charge in [0.05, 0.1) is 72.9 Å². The molecular formula is C98H80Cl2N18O6. The smallest absolute Gasteiger partial charge is 0.195 e. The quantitative estimate of drug-likeness (QED) is 0.0335. The van der Waals surface area contributed by atoms with Crippen molar-refractivity contribution in [3.05, 3.63) is 341 Å². The number of nitrogens with one attached hydrogen (secondary N) is 12. The molecule has 14 heterocycles. The Hall–Kier alpha value is -15.5. The SMILES string of the molecule is COc1ccc(Nc2cnc3[nH]cc(C(=O)c4cccc5[nH]ccc45)c3c2)cc1Cl.O=C(c1cccc2[nH]ccc12)c1c[nH]c2ncc(Nc3ccc(Cl)cc3)cc12.O=C(c1cccc2[nH]ccc12)c1c[nH]c2ncc(Nc3ccc(N4CCCCC4)cc3)cc12.O=C(c1cccc2[nH]ccc12)c1c[nH]c2ncc(Nc3ccc(N4CCOCC4)cc3)cc12. The zero-order valence-electron chi connectivity index (χ0n) is 66.9. The fraction of sp³-hybridized carbons (Fsp3) is 0.102. The van der Waals surface area contributed by atoms with Crippen molar-refractivity contribution in [1.29, 1.82) is 0 Å². The number of morpholine rings is 1. The molecule has 2 aliphatic rings. The van der Waals surface area contributed by atoms with Gasteiger partial charge in [-0.25, -0.2) is 19.9 Å². The van der Waals surface area contributed by atoms with Crippen molar-refractivity contribution in [2.45, 2.75) is 19.3 Å². The normalized spacial score (nSPS) is 12.7. The number of nitrogens with zero attached hydrogens (tertiary/aromatic N) is 6. The molecule has 8 aromatic carbocycles. The summed E-state index contributed by atoms with van der Waals surface area (Å²) < 4.78 is 10.6. The van der Waals surface area contributed by atoms with Gasteiger partial charge in [-0.15, -0.1) is 0 Å². The van der Waals surface area contributed by atoms with E-state index in [4.69, 9.17) is 32.7 Å². The van der Waals surface area contributed by atoms with Gasteiger partial charge >= 0.3 is 0 Å². The lowest BCUT2D eigenvalue weighted by atomic mass is 10.00. The minimum atomic E-state index is -0.0575. The predicted octanol–water partition coefficient (Wildman–Crippen LogP) is 22.2. The number of hydrogen-bond donors (Lipinski definition) is 12. The van der Waals surface area contributed by atoms with E-state index in [1.807, 2.05) is 176 Å². The highest BCUT2D eigenvalue weighted by atomic mass is 35.5. The van der Waals surface area contributed by atoms with Crippen molar-refractivity contribution in [2.24, 2.45) is 0 Å². The first kappa shape index (κ1) is 78.4. The molecule has 0 aliphatic carbocycles. The summed E-state index contributed by atoms with van der Waals surface area (Å²) in [5.74, 6) is 0.463. The number of halogens is 2. The van der Waals surface area contributed by atoms with Gasteiger partial charge in [0, 0.05) is 225 Å². The molecule has 2 saturated heterocycles. The van der Waals surface area contributed by atoms with E-state index < -0.39 is 0 Å². The molecule has 0 bridgehead atoms. The minimum absolute atomic E-state index is 0.0173. The van der Waals surface area contributed by atoms with Crippen LogP contribution >= 0.6 is 23.2 Å². The van der Waals surface area contributed by atoms with E-state index in [-0.39, 0.29) is 23.1 Å². The van der Waals surface area contributed by atoms with Crippen LogP contribution < -0.4 is 35.8 Å². The molecule has 26 heteroatoms. The van der Waals surface area contributed by atoms with E-state index in [9.17, 15) is 19.2 Å². The third-order valence-corrected chi connectivity index (χ3v) is 23.0. The molecule has 0 atom stereocenters. The lowest BCUT2D eigenvalue weighted by molar-refractivity contribution is 0.103. The summed E-state index contributed by atoms with van der Waals surface area (Å²) in [6.45, 7) is 5.62. The Morgan fingerprint density at radius 2 is 0.645 bits per heavy atom. The zero-order valence-corrected chi connectivity index (χ0v) is 68.4. The van der Waals surface area contributed by atoms with Gasteiger partial charge in [-0.3, -0.25) is 19.2 Å². The molecule has 22 rings (SSSR count).